The van der Waals surface area contributed by atoms with Crippen LogP contribution in [0, 0.1) is 81.4 Å². The molecular weight excluding hydrogens is 781 g/mol. The smallest absolute Gasteiger partial charge is 0.119 e. The quantitative estimate of drug-likeness (QED) is 0.137. The predicted octanol–water partition coefficient (Wildman–Crippen LogP) is 10.7. The van der Waals surface area contributed by atoms with Crippen molar-refractivity contribution >= 4 is 29.7 Å². The first-order valence-corrected chi connectivity index (χ1v) is 19.5. The van der Waals surface area contributed by atoms with Gasteiger partial charge in [0.25, 0.3) is 0 Å². The van der Waals surface area contributed by atoms with Gasteiger partial charge in [0.05, 0.1) is 30.9 Å². The largest absolute Gasteiger partial charge is 0.497 e. The molecule has 0 N–H and O–H groups in total. The van der Waals surface area contributed by atoms with Gasteiger partial charge in [0.15, 0.2) is 0 Å². The lowest BCUT2D eigenvalue weighted by Crippen LogP contribution is -2.09. The van der Waals surface area contributed by atoms with Crippen LogP contribution in [0.4, 0.5) is 17.1 Å². The summed E-state index contributed by atoms with van der Waals surface area (Å²) < 4.78 is 10.7. The molecule has 0 unspecified atom stereocenters. The molecule has 290 valence electrons. The lowest BCUT2D eigenvalue weighted by molar-refractivity contribution is 0.415. The van der Waals surface area contributed by atoms with Crippen LogP contribution in [0.15, 0.2) is 157 Å². The maximum atomic E-state index is 10.0. The molecule has 7 aromatic carbocycles. The van der Waals surface area contributed by atoms with E-state index in [9.17, 15) is 15.8 Å². The van der Waals surface area contributed by atoms with Crippen molar-refractivity contribution in [2.24, 2.45) is 0 Å². The van der Waals surface area contributed by atoms with Gasteiger partial charge in [-0.3, -0.25) is 0 Å². The minimum atomic E-state index is 0.353. The number of nitriles is 3. The maximum Gasteiger partial charge on any atom is 0.119 e. The summed E-state index contributed by atoms with van der Waals surface area (Å²) >= 11 is 4.30. The molecule has 0 spiro atoms. The van der Waals surface area contributed by atoms with Gasteiger partial charge in [-0.15, -0.1) is 12.6 Å². The number of methoxy groups -OCH3 is 2. The summed E-state index contributed by atoms with van der Waals surface area (Å²) in [7, 11) is 3.28. The van der Waals surface area contributed by atoms with Crippen LogP contribution in [0.1, 0.15) is 61.2 Å². The molecule has 7 rings (SSSR count). The second-order valence-electron chi connectivity index (χ2n) is 13.4. The fraction of sp³-hybridized carbons (Fsp3) is 0.0364. The third-order valence-electron chi connectivity index (χ3n) is 9.45. The van der Waals surface area contributed by atoms with Crippen molar-refractivity contribution in [3.63, 3.8) is 0 Å². The topological polar surface area (TPSA) is 93.1 Å². The Kier molecular flexibility index (Phi) is 13.0. The van der Waals surface area contributed by atoms with Crippen LogP contribution in [0.5, 0.6) is 11.5 Å². The fourth-order valence-corrected chi connectivity index (χ4v) is 6.33. The van der Waals surface area contributed by atoms with E-state index in [4.69, 9.17) is 9.47 Å². The van der Waals surface area contributed by atoms with E-state index in [1.54, 1.807) is 62.8 Å². The second kappa shape index (κ2) is 19.6. The number of hydrogen-bond donors (Lipinski definition) is 1. The van der Waals surface area contributed by atoms with Crippen molar-refractivity contribution in [2.75, 3.05) is 19.1 Å². The van der Waals surface area contributed by atoms with Crippen molar-refractivity contribution in [1.29, 1.82) is 15.8 Å². The molecule has 0 heterocycles. The van der Waals surface area contributed by atoms with Gasteiger partial charge in [-0.25, -0.2) is 0 Å². The lowest BCUT2D eigenvalue weighted by atomic mass is 10.0. The van der Waals surface area contributed by atoms with Crippen molar-refractivity contribution in [3.05, 3.63) is 213 Å². The molecule has 0 atom stereocenters. The molecule has 0 amide bonds. The zero-order valence-corrected chi connectivity index (χ0v) is 34.4. The van der Waals surface area contributed by atoms with Crippen molar-refractivity contribution in [1.82, 2.24) is 0 Å². The van der Waals surface area contributed by atoms with Crippen LogP contribution in [0.2, 0.25) is 0 Å². The van der Waals surface area contributed by atoms with Gasteiger partial charge in [-0.2, -0.15) is 15.8 Å². The van der Waals surface area contributed by atoms with E-state index in [1.165, 1.54) is 0 Å². The first-order chi connectivity index (χ1) is 30.4. The van der Waals surface area contributed by atoms with E-state index in [1.807, 2.05) is 103 Å². The van der Waals surface area contributed by atoms with Gasteiger partial charge in [0, 0.05) is 66.5 Å². The van der Waals surface area contributed by atoms with Crippen LogP contribution in [-0.2, 0) is 0 Å². The van der Waals surface area contributed by atoms with E-state index in [2.05, 4.69) is 83.1 Å². The average molecular weight is 813 g/mol. The molecule has 0 aliphatic heterocycles. The molecule has 0 radical (unpaired) electrons. The number of nitrogens with zero attached hydrogens (tertiary/aromatic N) is 4. The molecule has 0 bridgehead atoms. The van der Waals surface area contributed by atoms with Gasteiger partial charge >= 0.3 is 0 Å². The molecule has 0 aliphatic rings. The van der Waals surface area contributed by atoms with Crippen molar-refractivity contribution in [2.45, 2.75) is 4.90 Å². The maximum absolute atomic E-state index is 10.0. The third-order valence-corrected chi connectivity index (χ3v) is 9.75. The second-order valence-corrected chi connectivity index (χ2v) is 14.0. The van der Waals surface area contributed by atoms with Crippen molar-refractivity contribution < 1.29 is 9.47 Å². The molecule has 0 saturated heterocycles. The van der Waals surface area contributed by atoms with Gasteiger partial charge in [-0.05, 0) is 152 Å². The molecular formula is C55H32N4O2S. The Hall–Kier alpha value is -9.00. The summed E-state index contributed by atoms with van der Waals surface area (Å²) in [6.07, 6.45) is 0. The summed E-state index contributed by atoms with van der Waals surface area (Å²) in [4.78, 5) is 2.98. The molecule has 0 fully saturated rings. The fourth-order valence-electron chi connectivity index (χ4n) is 6.18. The highest BCUT2D eigenvalue weighted by atomic mass is 32.1. The molecule has 62 heavy (non-hydrogen) atoms. The Labute approximate surface area is 367 Å². The summed E-state index contributed by atoms with van der Waals surface area (Å²) in [5.41, 5.74) is 9.16. The SMILES string of the molecule is COc1ccc(N(c2ccc(C#Cc3ccc(C#Cc4ccc(C#Cc5ccc(C#Cc6ccc(S)cc6)cc5C#N)cc4C#N)cc3C#N)cc2)c2ccc(OC)cc2)cc1. The lowest BCUT2D eigenvalue weighted by Gasteiger charge is -2.25. The number of rotatable bonds is 5. The summed E-state index contributed by atoms with van der Waals surface area (Å²) in [6.45, 7) is 0. The third kappa shape index (κ3) is 10.2. The van der Waals surface area contributed by atoms with Crippen LogP contribution in [0.25, 0.3) is 0 Å². The Bertz CT molecular complexity index is 3150. The average Bonchev–Trinajstić information content (AvgIpc) is 3.33. The highest BCUT2D eigenvalue weighted by Gasteiger charge is 2.13. The van der Waals surface area contributed by atoms with E-state index in [-0.39, 0.29) is 0 Å². The summed E-state index contributed by atoms with van der Waals surface area (Å²) in [6, 6.07) is 53.5. The van der Waals surface area contributed by atoms with Crippen molar-refractivity contribution in [3.8, 4) is 77.1 Å². The van der Waals surface area contributed by atoms with Gasteiger partial charge in [0.2, 0.25) is 0 Å². The molecule has 7 aromatic rings. The number of anilines is 3. The highest BCUT2D eigenvalue weighted by Crippen LogP contribution is 2.36. The Morgan fingerprint density at radius 2 is 0.645 bits per heavy atom. The van der Waals surface area contributed by atoms with Crippen LogP contribution in [0.3, 0.4) is 0 Å². The molecule has 0 aromatic heterocycles. The Morgan fingerprint density at radius 1 is 0.355 bits per heavy atom. The highest BCUT2D eigenvalue weighted by molar-refractivity contribution is 7.80. The minimum Gasteiger partial charge on any atom is -0.497 e. The number of thiol groups is 1. The molecule has 7 heteroatoms. The first kappa shape index (κ1) is 41.2. The zero-order chi connectivity index (χ0) is 43.3. The molecule has 6 nitrogen and oxygen atoms in total. The van der Waals surface area contributed by atoms with Gasteiger partial charge in [-0.1, -0.05) is 47.4 Å². The molecule has 0 saturated carbocycles. The Morgan fingerprint density at radius 3 is 1.00 bits per heavy atom. The van der Waals surface area contributed by atoms with Gasteiger partial charge in [0.1, 0.15) is 29.7 Å². The first-order valence-electron chi connectivity index (χ1n) is 19.0. The predicted molar refractivity (Wildman–Crippen MR) is 245 cm³/mol. The van der Waals surface area contributed by atoms with E-state index < -0.39 is 0 Å². The molecule has 0 aliphatic carbocycles. The van der Waals surface area contributed by atoms with Gasteiger partial charge < -0.3 is 14.4 Å². The van der Waals surface area contributed by atoms with E-state index in [0.717, 1.165) is 44.6 Å². The summed E-state index contributed by atoms with van der Waals surface area (Å²) in [5, 5.41) is 29.7. The summed E-state index contributed by atoms with van der Waals surface area (Å²) in [5.74, 6) is 26.3. The normalized spacial score (nSPS) is 9.61. The van der Waals surface area contributed by atoms with Crippen LogP contribution in [-0.4, -0.2) is 14.2 Å². The van der Waals surface area contributed by atoms with E-state index in [0.29, 0.717) is 50.1 Å². The zero-order valence-electron chi connectivity index (χ0n) is 33.5. The minimum absolute atomic E-state index is 0.353. The number of ether oxygens (including phenoxy) is 2. The number of hydrogen-bond acceptors (Lipinski definition) is 7. The monoisotopic (exact) mass is 812 g/mol. The van der Waals surface area contributed by atoms with E-state index >= 15 is 0 Å². The van der Waals surface area contributed by atoms with Crippen LogP contribution < -0.4 is 14.4 Å². The standard InChI is InChI=1S/C55H32N4O2S/c1-60-53-27-23-51(24-28-53)59(52-25-29-54(61-2)30-26-52)50-21-11-40(12-22-50)5-15-44-17-7-42(34-48(44)37-57)9-19-46-20-10-43(35-49(46)38-58)8-18-45-16-6-41(33-47(45)36-56)4-3-39-13-31-55(62)32-14-39/h6-7,10-14,16-17,20-35,62H,1-2H3. The number of benzene rings is 7. The van der Waals surface area contributed by atoms with Crippen LogP contribution >= 0.6 is 12.6 Å². The Balaban J connectivity index is 1.06.